The number of aliphatic imine (C=N–C) groups is 1. The molecular formula is C14H13N5O2. The van der Waals surface area contributed by atoms with E-state index in [1.807, 2.05) is 0 Å². The van der Waals surface area contributed by atoms with Gasteiger partial charge < -0.3 is 5.32 Å². The SMILES string of the molecule is CC(=O)CC(=O)NC=Nc1ccnc(-c2ccncc2)n1. The molecule has 2 heterocycles. The van der Waals surface area contributed by atoms with Crippen molar-refractivity contribution >= 4 is 23.8 Å². The van der Waals surface area contributed by atoms with Crippen molar-refractivity contribution in [2.75, 3.05) is 0 Å². The fraction of sp³-hybridized carbons (Fsp3) is 0.143. The van der Waals surface area contributed by atoms with Crippen molar-refractivity contribution in [2.45, 2.75) is 13.3 Å². The highest BCUT2D eigenvalue weighted by molar-refractivity contribution is 6.00. The standard InChI is InChI=1S/C14H13N5O2/c1-10(20)8-13(21)18-9-17-12-4-7-16-14(19-12)11-2-5-15-6-3-11/h2-7,9H,8H2,1H3,(H,16,17,18,19,21). The normalized spacial score (nSPS) is 10.5. The van der Waals surface area contributed by atoms with Crippen molar-refractivity contribution in [3.05, 3.63) is 36.8 Å². The Labute approximate surface area is 121 Å². The zero-order valence-electron chi connectivity index (χ0n) is 11.4. The van der Waals surface area contributed by atoms with Gasteiger partial charge in [0.2, 0.25) is 5.91 Å². The number of carbonyl (C=O) groups excluding carboxylic acids is 2. The molecule has 2 rings (SSSR count). The van der Waals surface area contributed by atoms with Gasteiger partial charge in [-0.05, 0) is 19.1 Å². The van der Waals surface area contributed by atoms with Crippen LogP contribution in [-0.2, 0) is 9.59 Å². The summed E-state index contributed by atoms with van der Waals surface area (Å²) in [5, 5.41) is 2.40. The minimum Gasteiger partial charge on any atom is -0.316 e. The number of amides is 1. The Morgan fingerprint density at radius 3 is 2.71 bits per heavy atom. The van der Waals surface area contributed by atoms with Crippen LogP contribution in [0.3, 0.4) is 0 Å². The van der Waals surface area contributed by atoms with E-state index < -0.39 is 5.91 Å². The molecule has 0 aromatic carbocycles. The van der Waals surface area contributed by atoms with E-state index in [0.717, 1.165) is 5.56 Å². The predicted molar refractivity (Wildman–Crippen MR) is 76.9 cm³/mol. The highest BCUT2D eigenvalue weighted by atomic mass is 16.2. The van der Waals surface area contributed by atoms with Crippen molar-refractivity contribution in [3.63, 3.8) is 0 Å². The molecule has 0 aliphatic carbocycles. The first-order valence-electron chi connectivity index (χ1n) is 6.20. The van der Waals surface area contributed by atoms with Crippen LogP contribution in [0, 0.1) is 0 Å². The van der Waals surface area contributed by atoms with Crippen molar-refractivity contribution in [1.29, 1.82) is 0 Å². The Kier molecular flexibility index (Phi) is 4.81. The number of hydrogen-bond acceptors (Lipinski definition) is 6. The molecule has 0 fully saturated rings. The lowest BCUT2D eigenvalue weighted by Crippen LogP contribution is -2.23. The van der Waals surface area contributed by atoms with Gasteiger partial charge >= 0.3 is 0 Å². The minimum absolute atomic E-state index is 0.169. The fourth-order valence-corrected chi connectivity index (χ4v) is 1.51. The molecule has 0 atom stereocenters. The van der Waals surface area contributed by atoms with Crippen molar-refractivity contribution < 1.29 is 9.59 Å². The molecule has 0 aliphatic rings. The molecule has 0 saturated heterocycles. The third-order valence-corrected chi connectivity index (χ3v) is 2.41. The summed E-state index contributed by atoms with van der Waals surface area (Å²) in [5.74, 6) is 0.305. The summed E-state index contributed by atoms with van der Waals surface area (Å²) >= 11 is 0. The summed E-state index contributed by atoms with van der Waals surface area (Å²) in [6.07, 6.45) is 5.92. The molecule has 21 heavy (non-hydrogen) atoms. The van der Waals surface area contributed by atoms with Gasteiger partial charge in [-0.3, -0.25) is 14.6 Å². The molecular weight excluding hydrogens is 270 g/mol. The molecule has 0 unspecified atom stereocenters. The smallest absolute Gasteiger partial charge is 0.232 e. The Hall–Kier alpha value is -2.96. The van der Waals surface area contributed by atoms with E-state index in [-0.39, 0.29) is 12.2 Å². The highest BCUT2D eigenvalue weighted by Crippen LogP contribution is 2.15. The fourth-order valence-electron chi connectivity index (χ4n) is 1.51. The Balaban J connectivity index is 2.05. The van der Waals surface area contributed by atoms with Gasteiger partial charge in [0.25, 0.3) is 0 Å². The van der Waals surface area contributed by atoms with Crippen molar-refractivity contribution in [3.8, 4) is 11.4 Å². The van der Waals surface area contributed by atoms with E-state index in [9.17, 15) is 9.59 Å². The van der Waals surface area contributed by atoms with Gasteiger partial charge in [-0.15, -0.1) is 0 Å². The van der Waals surface area contributed by atoms with E-state index in [1.54, 1.807) is 36.8 Å². The molecule has 2 aromatic heterocycles. The third-order valence-electron chi connectivity index (χ3n) is 2.41. The van der Waals surface area contributed by atoms with Gasteiger partial charge in [0.15, 0.2) is 11.6 Å². The second-order valence-electron chi connectivity index (χ2n) is 4.18. The zero-order valence-corrected chi connectivity index (χ0v) is 11.4. The van der Waals surface area contributed by atoms with Crippen LogP contribution in [0.25, 0.3) is 11.4 Å². The number of rotatable bonds is 5. The van der Waals surface area contributed by atoms with Crippen LogP contribution >= 0.6 is 0 Å². The number of nitrogens with zero attached hydrogens (tertiary/aromatic N) is 4. The number of Topliss-reactive ketones (excluding diaryl/α,β-unsaturated/α-hetero) is 1. The first kappa shape index (κ1) is 14.4. The van der Waals surface area contributed by atoms with Crippen LogP contribution in [-0.4, -0.2) is 33.0 Å². The summed E-state index contributed by atoms with van der Waals surface area (Å²) in [7, 11) is 0. The van der Waals surface area contributed by atoms with Gasteiger partial charge in [-0.2, -0.15) is 0 Å². The lowest BCUT2D eigenvalue weighted by molar-refractivity contribution is -0.126. The third kappa shape index (κ3) is 4.57. The number of hydrogen-bond donors (Lipinski definition) is 1. The van der Waals surface area contributed by atoms with Crippen LogP contribution in [0.4, 0.5) is 5.82 Å². The summed E-state index contributed by atoms with van der Waals surface area (Å²) in [5.41, 5.74) is 0.822. The van der Waals surface area contributed by atoms with Gasteiger partial charge in [0.05, 0.1) is 12.8 Å². The molecule has 0 saturated carbocycles. The van der Waals surface area contributed by atoms with Crippen molar-refractivity contribution in [1.82, 2.24) is 20.3 Å². The van der Waals surface area contributed by atoms with Crippen LogP contribution in [0.2, 0.25) is 0 Å². The maximum absolute atomic E-state index is 11.3. The quantitative estimate of drug-likeness (QED) is 0.506. The number of aromatic nitrogens is 3. The van der Waals surface area contributed by atoms with Crippen LogP contribution in [0.15, 0.2) is 41.8 Å². The minimum atomic E-state index is -0.408. The molecule has 0 aliphatic heterocycles. The molecule has 0 bridgehead atoms. The average molecular weight is 283 g/mol. The monoisotopic (exact) mass is 283 g/mol. The zero-order chi connectivity index (χ0) is 15.1. The number of pyridine rings is 1. The second kappa shape index (κ2) is 6.99. The predicted octanol–water partition coefficient (Wildman–Crippen LogP) is 1.29. The Bertz CT molecular complexity index is 670. The summed E-state index contributed by atoms with van der Waals surface area (Å²) in [4.78, 5) is 38.4. The lowest BCUT2D eigenvalue weighted by atomic mass is 10.2. The number of ketones is 1. The van der Waals surface area contributed by atoms with E-state index in [0.29, 0.717) is 11.6 Å². The first-order chi connectivity index (χ1) is 10.1. The van der Waals surface area contributed by atoms with Crippen LogP contribution < -0.4 is 5.32 Å². The van der Waals surface area contributed by atoms with Gasteiger partial charge in [0, 0.05) is 30.2 Å². The molecule has 0 radical (unpaired) electrons. The topological polar surface area (TPSA) is 97.2 Å². The molecule has 7 heteroatoms. The molecule has 106 valence electrons. The maximum atomic E-state index is 11.3. The summed E-state index contributed by atoms with van der Waals surface area (Å²) in [6.45, 7) is 1.35. The molecule has 2 aromatic rings. The van der Waals surface area contributed by atoms with Crippen LogP contribution in [0.5, 0.6) is 0 Å². The molecule has 1 amide bonds. The van der Waals surface area contributed by atoms with E-state index in [4.69, 9.17) is 0 Å². The Morgan fingerprint density at radius 1 is 1.24 bits per heavy atom. The summed E-state index contributed by atoms with van der Waals surface area (Å²) < 4.78 is 0. The largest absolute Gasteiger partial charge is 0.316 e. The molecule has 7 nitrogen and oxygen atoms in total. The van der Waals surface area contributed by atoms with Gasteiger partial charge in [-0.1, -0.05) is 0 Å². The lowest BCUT2D eigenvalue weighted by Gasteiger charge is -2.00. The van der Waals surface area contributed by atoms with E-state index in [2.05, 4.69) is 25.3 Å². The van der Waals surface area contributed by atoms with Gasteiger partial charge in [0.1, 0.15) is 5.78 Å². The summed E-state index contributed by atoms with van der Waals surface area (Å²) in [6, 6.07) is 5.19. The highest BCUT2D eigenvalue weighted by Gasteiger charge is 2.03. The van der Waals surface area contributed by atoms with Gasteiger partial charge in [-0.25, -0.2) is 15.0 Å². The molecule has 0 spiro atoms. The first-order valence-corrected chi connectivity index (χ1v) is 6.20. The molecule has 1 N–H and O–H groups in total. The average Bonchev–Trinajstić information content (AvgIpc) is 2.48. The van der Waals surface area contributed by atoms with Crippen LogP contribution in [0.1, 0.15) is 13.3 Å². The van der Waals surface area contributed by atoms with Crippen molar-refractivity contribution in [2.24, 2.45) is 4.99 Å². The van der Waals surface area contributed by atoms with E-state index in [1.165, 1.54) is 13.3 Å². The number of nitrogens with one attached hydrogen (secondary N) is 1. The second-order valence-corrected chi connectivity index (χ2v) is 4.18. The Morgan fingerprint density at radius 2 is 2.00 bits per heavy atom. The van der Waals surface area contributed by atoms with E-state index >= 15 is 0 Å². The maximum Gasteiger partial charge on any atom is 0.232 e. The number of carbonyl (C=O) groups is 2.